The summed E-state index contributed by atoms with van der Waals surface area (Å²) in [6, 6.07) is 0. The Kier molecular flexibility index (Phi) is 15.6. The fourth-order valence-electron chi connectivity index (χ4n) is 1.19. The smallest absolute Gasteiger partial charge is 0.329 e. The highest BCUT2D eigenvalue weighted by Crippen LogP contribution is 1.89. The number of hydrogen-bond donors (Lipinski definition) is 4. The first-order valence-corrected chi connectivity index (χ1v) is 6.57. The Labute approximate surface area is 137 Å². The first kappa shape index (κ1) is 24.0. The molecule has 0 aromatic heterocycles. The van der Waals surface area contributed by atoms with Crippen LogP contribution in [-0.2, 0) is 29.0 Å². The highest BCUT2D eigenvalue weighted by Gasteiger charge is 2.13. The van der Waals surface area contributed by atoms with Gasteiger partial charge >= 0.3 is 23.9 Å². The fourth-order valence-corrected chi connectivity index (χ4v) is 1.19. The SMILES string of the molecule is O=C(O)COCCN(CC(=O)O)CC(=O)O.[O]CC[N]CC(=O)O. The van der Waals surface area contributed by atoms with Gasteiger partial charge in [0.05, 0.1) is 26.3 Å². The fraction of sp³-hybridized carbons (Fsp3) is 0.667. The van der Waals surface area contributed by atoms with Gasteiger partial charge in [-0.1, -0.05) is 0 Å². The van der Waals surface area contributed by atoms with Crippen LogP contribution in [0.2, 0.25) is 0 Å². The maximum atomic E-state index is 10.4. The van der Waals surface area contributed by atoms with E-state index in [1.54, 1.807) is 0 Å². The number of hydrogen-bond acceptors (Lipinski definition) is 6. The van der Waals surface area contributed by atoms with Crippen molar-refractivity contribution in [2.45, 2.75) is 0 Å². The predicted octanol–water partition coefficient (Wildman–Crippen LogP) is -2.34. The summed E-state index contributed by atoms with van der Waals surface area (Å²) in [5, 5.41) is 46.1. The number of aliphatic carboxylic acids is 4. The Morgan fingerprint density at radius 1 is 0.875 bits per heavy atom. The van der Waals surface area contributed by atoms with Crippen LogP contribution in [-0.4, -0.2) is 102 Å². The molecule has 0 aliphatic rings. The third kappa shape index (κ3) is 22.0. The van der Waals surface area contributed by atoms with Gasteiger partial charge in [0.15, 0.2) is 0 Å². The van der Waals surface area contributed by atoms with Gasteiger partial charge in [0.25, 0.3) is 0 Å². The third-order valence-electron chi connectivity index (χ3n) is 1.99. The molecule has 0 saturated heterocycles. The molecule has 138 valence electrons. The summed E-state index contributed by atoms with van der Waals surface area (Å²) in [7, 11) is 0. The van der Waals surface area contributed by atoms with E-state index in [9.17, 15) is 24.3 Å². The van der Waals surface area contributed by atoms with Crippen molar-refractivity contribution in [3.63, 3.8) is 0 Å². The Morgan fingerprint density at radius 3 is 1.79 bits per heavy atom. The lowest BCUT2D eigenvalue weighted by atomic mass is 10.4. The summed E-state index contributed by atoms with van der Waals surface area (Å²) in [6.07, 6.45) is 0. The number of carboxylic acid groups (broad SMARTS) is 4. The Bertz CT molecular complexity index is 385. The van der Waals surface area contributed by atoms with E-state index in [4.69, 9.17) is 20.4 Å². The number of nitrogens with zero attached hydrogens (tertiary/aromatic N) is 2. The molecule has 0 bridgehead atoms. The Balaban J connectivity index is 0. The molecule has 0 heterocycles. The predicted molar refractivity (Wildman–Crippen MR) is 75.2 cm³/mol. The van der Waals surface area contributed by atoms with E-state index in [1.165, 1.54) is 0 Å². The van der Waals surface area contributed by atoms with Gasteiger partial charge in [0.2, 0.25) is 0 Å². The second kappa shape index (κ2) is 15.6. The van der Waals surface area contributed by atoms with E-state index >= 15 is 0 Å². The molecule has 0 atom stereocenters. The van der Waals surface area contributed by atoms with Crippen LogP contribution in [0.1, 0.15) is 0 Å². The van der Waals surface area contributed by atoms with Crippen molar-refractivity contribution in [3.8, 4) is 0 Å². The molecule has 24 heavy (non-hydrogen) atoms. The highest BCUT2D eigenvalue weighted by atomic mass is 16.5. The molecule has 0 rings (SSSR count). The molecule has 0 spiro atoms. The average Bonchev–Trinajstić information content (AvgIpc) is 2.42. The first-order chi connectivity index (χ1) is 11.2. The summed E-state index contributed by atoms with van der Waals surface area (Å²) in [4.78, 5) is 41.6. The van der Waals surface area contributed by atoms with Crippen molar-refractivity contribution < 1.29 is 49.4 Å². The van der Waals surface area contributed by atoms with Crippen molar-refractivity contribution in [1.82, 2.24) is 10.2 Å². The van der Waals surface area contributed by atoms with Gasteiger partial charge in [-0.05, 0) is 0 Å². The molecule has 0 aliphatic carbocycles. The van der Waals surface area contributed by atoms with Crippen LogP contribution in [0, 0.1) is 0 Å². The van der Waals surface area contributed by atoms with Crippen LogP contribution in [0.15, 0.2) is 0 Å². The van der Waals surface area contributed by atoms with E-state index in [-0.39, 0.29) is 32.8 Å². The lowest BCUT2D eigenvalue weighted by Crippen LogP contribution is -2.37. The van der Waals surface area contributed by atoms with Gasteiger partial charge in [0.1, 0.15) is 13.2 Å². The zero-order valence-electron chi connectivity index (χ0n) is 12.8. The monoisotopic (exact) mass is 352 g/mol. The summed E-state index contributed by atoms with van der Waals surface area (Å²) < 4.78 is 4.66. The van der Waals surface area contributed by atoms with Crippen LogP contribution in [0.25, 0.3) is 0 Å². The number of carboxylic acids is 4. The van der Waals surface area contributed by atoms with Crippen LogP contribution >= 0.6 is 0 Å². The number of ether oxygens (including phenoxy) is 1. The summed E-state index contributed by atoms with van der Waals surface area (Å²) in [6.45, 7) is -1.81. The molecule has 12 nitrogen and oxygen atoms in total. The van der Waals surface area contributed by atoms with Crippen molar-refractivity contribution in [3.05, 3.63) is 0 Å². The minimum absolute atomic E-state index is 0.0349. The second-order valence-corrected chi connectivity index (χ2v) is 4.15. The molecular formula is C12H20N2O10. The van der Waals surface area contributed by atoms with Crippen molar-refractivity contribution in [1.29, 1.82) is 0 Å². The van der Waals surface area contributed by atoms with E-state index in [2.05, 4.69) is 10.1 Å². The highest BCUT2D eigenvalue weighted by molar-refractivity contribution is 5.72. The quantitative estimate of drug-likeness (QED) is 0.261. The number of carbonyl (C=O) groups is 4. The molecular weight excluding hydrogens is 332 g/mol. The minimum atomic E-state index is -1.15. The van der Waals surface area contributed by atoms with Gasteiger partial charge in [-0.25, -0.2) is 15.2 Å². The van der Waals surface area contributed by atoms with Gasteiger partial charge in [-0.15, -0.1) is 0 Å². The molecule has 2 radical (unpaired) electrons. The summed E-state index contributed by atoms with van der Waals surface area (Å²) in [5.74, 6) is -4.43. The minimum Gasteiger partial charge on any atom is -0.480 e. The zero-order chi connectivity index (χ0) is 19.0. The van der Waals surface area contributed by atoms with E-state index in [0.717, 1.165) is 4.90 Å². The van der Waals surface area contributed by atoms with Gasteiger partial charge in [-0.2, -0.15) is 0 Å². The standard InChI is InChI=1S/C8H13NO7.C4H7NO3/c10-6(11)3-9(4-7(12)13)1-2-16-5-8(14)15;6-2-1-5-3-4(7)8/h1-5H2,(H,10,11)(H,12,13)(H,14,15);1-3H2,(H,7,8). The zero-order valence-corrected chi connectivity index (χ0v) is 12.8. The van der Waals surface area contributed by atoms with Crippen molar-refractivity contribution in [2.75, 3.05) is 52.5 Å². The molecule has 0 saturated carbocycles. The molecule has 0 unspecified atom stereocenters. The van der Waals surface area contributed by atoms with Gasteiger partial charge in [0, 0.05) is 13.1 Å². The van der Waals surface area contributed by atoms with Crippen LogP contribution in [0.4, 0.5) is 0 Å². The molecule has 0 aliphatic heterocycles. The normalized spacial score (nSPS) is 9.92. The first-order valence-electron chi connectivity index (χ1n) is 6.57. The molecule has 0 fully saturated rings. The largest absolute Gasteiger partial charge is 0.480 e. The number of rotatable bonds is 13. The third-order valence-corrected chi connectivity index (χ3v) is 1.99. The molecule has 12 heteroatoms. The maximum absolute atomic E-state index is 10.4. The topological polar surface area (TPSA) is 196 Å². The van der Waals surface area contributed by atoms with E-state index in [1.807, 2.05) is 0 Å². The second-order valence-electron chi connectivity index (χ2n) is 4.15. The average molecular weight is 352 g/mol. The van der Waals surface area contributed by atoms with Crippen molar-refractivity contribution >= 4 is 23.9 Å². The molecule has 0 aromatic rings. The lowest BCUT2D eigenvalue weighted by Gasteiger charge is -2.17. The van der Waals surface area contributed by atoms with Crippen LogP contribution in [0.5, 0.6) is 0 Å². The molecule has 4 N–H and O–H groups in total. The summed E-state index contributed by atoms with van der Waals surface area (Å²) >= 11 is 0. The molecule has 0 amide bonds. The van der Waals surface area contributed by atoms with Gasteiger partial charge in [-0.3, -0.25) is 19.3 Å². The maximum Gasteiger partial charge on any atom is 0.329 e. The van der Waals surface area contributed by atoms with Crippen LogP contribution < -0.4 is 5.32 Å². The van der Waals surface area contributed by atoms with E-state index < -0.39 is 43.6 Å². The lowest BCUT2D eigenvalue weighted by molar-refractivity contribution is -0.145. The Hall–Kier alpha value is -2.28. The summed E-state index contributed by atoms with van der Waals surface area (Å²) in [5.41, 5.74) is 0. The van der Waals surface area contributed by atoms with E-state index in [0.29, 0.717) is 0 Å². The molecule has 0 aromatic carbocycles. The van der Waals surface area contributed by atoms with Crippen LogP contribution in [0.3, 0.4) is 0 Å². The van der Waals surface area contributed by atoms with Gasteiger partial charge < -0.3 is 25.2 Å². The van der Waals surface area contributed by atoms with Crippen molar-refractivity contribution in [2.24, 2.45) is 0 Å². The Morgan fingerprint density at radius 2 is 1.42 bits per heavy atom.